The molecule has 3 rings (SSSR count). The predicted octanol–water partition coefficient (Wildman–Crippen LogP) is 1.73. The molecule has 2 aliphatic heterocycles. The first-order valence-electron chi connectivity index (χ1n) is 8.18. The molecule has 2 heterocycles. The minimum absolute atomic E-state index is 0. The number of carbonyl (C=O) groups excluding carboxylic acids is 1. The van der Waals surface area contributed by atoms with Gasteiger partial charge >= 0.3 is 0 Å². The number of benzene rings is 1. The maximum atomic E-state index is 12.8. The second-order valence-corrected chi connectivity index (χ2v) is 6.39. The van der Waals surface area contributed by atoms with Gasteiger partial charge in [0.05, 0.1) is 6.54 Å². The van der Waals surface area contributed by atoms with E-state index in [0.717, 1.165) is 31.5 Å². The van der Waals surface area contributed by atoms with Crippen molar-refractivity contribution in [3.8, 4) is 0 Å². The van der Waals surface area contributed by atoms with Gasteiger partial charge in [-0.1, -0.05) is 12.1 Å². The van der Waals surface area contributed by atoms with Gasteiger partial charge < -0.3 is 10.6 Å². The van der Waals surface area contributed by atoms with Gasteiger partial charge in [0.1, 0.15) is 5.82 Å². The first-order valence-corrected chi connectivity index (χ1v) is 8.18. The average molecular weight is 342 g/mol. The zero-order valence-corrected chi connectivity index (χ0v) is 14.1. The van der Waals surface area contributed by atoms with Gasteiger partial charge in [-0.05, 0) is 43.4 Å². The second kappa shape index (κ2) is 8.62. The van der Waals surface area contributed by atoms with Gasteiger partial charge in [-0.2, -0.15) is 0 Å². The molecule has 2 saturated heterocycles. The van der Waals surface area contributed by atoms with Crippen LogP contribution in [0.5, 0.6) is 0 Å². The Hall–Kier alpha value is -1.17. The summed E-state index contributed by atoms with van der Waals surface area (Å²) in [5.41, 5.74) is 1.04. The summed E-state index contributed by atoms with van der Waals surface area (Å²) >= 11 is 0. The van der Waals surface area contributed by atoms with Crippen LogP contribution in [0.15, 0.2) is 24.3 Å². The summed E-state index contributed by atoms with van der Waals surface area (Å²) in [6.45, 7) is 3.05. The molecular formula is C17H25ClFN3O. The summed E-state index contributed by atoms with van der Waals surface area (Å²) < 4.78 is 12.8. The third-order valence-electron chi connectivity index (χ3n) is 4.62. The largest absolute Gasteiger partial charge is 0.355 e. The SMILES string of the molecule is Cl.O=C(CN1CCC2CCC(C1)N2)NCCc1ccc(F)cc1. The van der Waals surface area contributed by atoms with Gasteiger partial charge in [0.25, 0.3) is 0 Å². The first-order chi connectivity index (χ1) is 10.7. The van der Waals surface area contributed by atoms with Gasteiger partial charge in [0.15, 0.2) is 0 Å². The molecule has 6 heteroatoms. The third kappa shape index (κ3) is 5.44. The molecule has 0 aliphatic carbocycles. The molecule has 1 amide bonds. The number of rotatable bonds is 5. The number of hydrogen-bond donors (Lipinski definition) is 2. The molecule has 0 spiro atoms. The van der Waals surface area contributed by atoms with Crippen molar-refractivity contribution < 1.29 is 9.18 Å². The molecule has 2 unspecified atom stereocenters. The van der Waals surface area contributed by atoms with Crippen LogP contribution in [0, 0.1) is 5.82 Å². The van der Waals surface area contributed by atoms with Crippen LogP contribution in [0.25, 0.3) is 0 Å². The van der Waals surface area contributed by atoms with Crippen molar-refractivity contribution in [1.82, 2.24) is 15.5 Å². The Morgan fingerprint density at radius 2 is 1.96 bits per heavy atom. The Kier molecular flexibility index (Phi) is 6.81. The molecule has 4 nitrogen and oxygen atoms in total. The van der Waals surface area contributed by atoms with E-state index in [9.17, 15) is 9.18 Å². The highest BCUT2D eigenvalue weighted by Gasteiger charge is 2.29. The summed E-state index contributed by atoms with van der Waals surface area (Å²) in [7, 11) is 0. The molecule has 0 radical (unpaired) electrons. The summed E-state index contributed by atoms with van der Waals surface area (Å²) in [6.07, 6.45) is 4.38. The molecule has 2 fully saturated rings. The topological polar surface area (TPSA) is 44.4 Å². The fraction of sp³-hybridized carbons (Fsp3) is 0.588. The van der Waals surface area contributed by atoms with Gasteiger partial charge in [-0.25, -0.2) is 4.39 Å². The molecular weight excluding hydrogens is 317 g/mol. The lowest BCUT2D eigenvalue weighted by Gasteiger charge is -2.23. The monoisotopic (exact) mass is 341 g/mol. The van der Waals surface area contributed by atoms with Crippen molar-refractivity contribution in [2.75, 3.05) is 26.2 Å². The number of nitrogens with one attached hydrogen (secondary N) is 2. The molecule has 2 atom stereocenters. The third-order valence-corrected chi connectivity index (χ3v) is 4.62. The second-order valence-electron chi connectivity index (χ2n) is 6.39. The Morgan fingerprint density at radius 1 is 1.22 bits per heavy atom. The maximum absolute atomic E-state index is 12.8. The van der Waals surface area contributed by atoms with E-state index < -0.39 is 0 Å². The predicted molar refractivity (Wildman–Crippen MR) is 91.4 cm³/mol. The van der Waals surface area contributed by atoms with Gasteiger partial charge in [-0.15, -0.1) is 12.4 Å². The van der Waals surface area contributed by atoms with E-state index in [1.165, 1.54) is 25.0 Å². The zero-order chi connectivity index (χ0) is 15.4. The van der Waals surface area contributed by atoms with Crippen LogP contribution >= 0.6 is 12.4 Å². The fourth-order valence-corrected chi connectivity index (χ4v) is 3.42. The van der Waals surface area contributed by atoms with E-state index in [0.29, 0.717) is 25.2 Å². The van der Waals surface area contributed by atoms with Crippen molar-refractivity contribution in [1.29, 1.82) is 0 Å². The van der Waals surface area contributed by atoms with E-state index in [1.807, 2.05) is 0 Å². The molecule has 2 bridgehead atoms. The van der Waals surface area contributed by atoms with Crippen LogP contribution in [-0.4, -0.2) is 49.1 Å². The van der Waals surface area contributed by atoms with Gasteiger partial charge in [0, 0.05) is 31.7 Å². The number of likely N-dealkylation sites (tertiary alicyclic amines) is 1. The van der Waals surface area contributed by atoms with E-state index in [-0.39, 0.29) is 24.1 Å². The average Bonchev–Trinajstić information content (AvgIpc) is 2.84. The van der Waals surface area contributed by atoms with Crippen LogP contribution in [0.2, 0.25) is 0 Å². The Balaban J connectivity index is 0.00000192. The normalized spacial score (nSPS) is 23.9. The van der Waals surface area contributed by atoms with E-state index >= 15 is 0 Å². The summed E-state index contributed by atoms with van der Waals surface area (Å²) in [6, 6.07) is 7.64. The molecule has 0 saturated carbocycles. The van der Waals surface area contributed by atoms with Crippen molar-refractivity contribution in [2.45, 2.75) is 37.8 Å². The Bertz CT molecular complexity index is 511. The molecule has 0 aromatic heterocycles. The van der Waals surface area contributed by atoms with Crippen molar-refractivity contribution in [3.05, 3.63) is 35.6 Å². The van der Waals surface area contributed by atoms with E-state index in [1.54, 1.807) is 12.1 Å². The zero-order valence-electron chi connectivity index (χ0n) is 13.3. The highest BCUT2D eigenvalue weighted by atomic mass is 35.5. The molecule has 1 aromatic carbocycles. The number of hydrogen-bond acceptors (Lipinski definition) is 3. The summed E-state index contributed by atoms with van der Waals surface area (Å²) in [5.74, 6) is -0.142. The fourth-order valence-electron chi connectivity index (χ4n) is 3.42. The minimum Gasteiger partial charge on any atom is -0.355 e. The number of amides is 1. The van der Waals surface area contributed by atoms with Crippen LogP contribution in [0.1, 0.15) is 24.8 Å². The lowest BCUT2D eigenvalue weighted by molar-refractivity contribution is -0.122. The van der Waals surface area contributed by atoms with Crippen molar-refractivity contribution >= 4 is 18.3 Å². The molecule has 23 heavy (non-hydrogen) atoms. The molecule has 2 aliphatic rings. The van der Waals surface area contributed by atoms with Gasteiger partial charge in [-0.3, -0.25) is 9.69 Å². The Labute approximate surface area is 143 Å². The molecule has 1 aromatic rings. The van der Waals surface area contributed by atoms with Gasteiger partial charge in [0.2, 0.25) is 5.91 Å². The first kappa shape index (κ1) is 18.2. The number of nitrogens with zero attached hydrogens (tertiary/aromatic N) is 1. The van der Waals surface area contributed by atoms with Crippen LogP contribution in [0.3, 0.4) is 0 Å². The van der Waals surface area contributed by atoms with Crippen molar-refractivity contribution in [2.24, 2.45) is 0 Å². The summed E-state index contributed by atoms with van der Waals surface area (Å²) in [4.78, 5) is 14.3. The Morgan fingerprint density at radius 3 is 2.74 bits per heavy atom. The number of fused-ring (bicyclic) bond motifs is 2. The van der Waals surface area contributed by atoms with E-state index in [4.69, 9.17) is 0 Å². The maximum Gasteiger partial charge on any atom is 0.234 e. The quantitative estimate of drug-likeness (QED) is 0.857. The number of carbonyl (C=O) groups is 1. The highest BCUT2D eigenvalue weighted by Crippen LogP contribution is 2.19. The lowest BCUT2D eigenvalue weighted by atomic mass is 10.1. The molecule has 2 N–H and O–H groups in total. The summed E-state index contributed by atoms with van der Waals surface area (Å²) in [5, 5.41) is 6.58. The number of halogens is 2. The van der Waals surface area contributed by atoms with E-state index in [2.05, 4.69) is 15.5 Å². The van der Waals surface area contributed by atoms with Crippen LogP contribution in [0.4, 0.5) is 4.39 Å². The van der Waals surface area contributed by atoms with Crippen LogP contribution < -0.4 is 10.6 Å². The smallest absolute Gasteiger partial charge is 0.234 e. The highest BCUT2D eigenvalue weighted by molar-refractivity contribution is 5.85. The van der Waals surface area contributed by atoms with Crippen molar-refractivity contribution in [3.63, 3.8) is 0 Å². The minimum atomic E-state index is -0.225. The lowest BCUT2D eigenvalue weighted by Crippen LogP contribution is -2.42. The standard InChI is InChI=1S/C17H24FN3O.ClH/c18-14-3-1-13(2-4-14)7-9-19-17(22)12-21-10-8-15-5-6-16(11-21)20-15;/h1-4,15-16,20H,5-12H2,(H,19,22);1H. The van der Waals surface area contributed by atoms with Crippen LogP contribution in [-0.2, 0) is 11.2 Å². The molecule has 128 valence electrons.